The van der Waals surface area contributed by atoms with Gasteiger partial charge < -0.3 is 18.9 Å². The maximum absolute atomic E-state index is 13.3. The highest BCUT2D eigenvalue weighted by Crippen LogP contribution is 2.33. The van der Waals surface area contributed by atoms with Gasteiger partial charge in [0.25, 0.3) is 0 Å². The number of ether oxygens (including phenoxy) is 2. The van der Waals surface area contributed by atoms with Gasteiger partial charge >= 0.3 is 0 Å². The van der Waals surface area contributed by atoms with E-state index < -0.39 is 0 Å². The predicted molar refractivity (Wildman–Crippen MR) is 139 cm³/mol. The molecular formula is C30H32N2O3. The van der Waals surface area contributed by atoms with Crippen LogP contribution in [0.3, 0.4) is 0 Å². The maximum Gasteiger partial charge on any atom is 0.223 e. The van der Waals surface area contributed by atoms with E-state index >= 15 is 0 Å². The van der Waals surface area contributed by atoms with Gasteiger partial charge in [-0.25, -0.2) is 0 Å². The van der Waals surface area contributed by atoms with E-state index in [1.807, 2.05) is 23.1 Å². The van der Waals surface area contributed by atoms with Crippen molar-refractivity contribution in [2.75, 3.05) is 33.4 Å². The van der Waals surface area contributed by atoms with Crippen molar-refractivity contribution in [3.63, 3.8) is 0 Å². The lowest BCUT2D eigenvalue weighted by Crippen LogP contribution is -2.41. The number of carbonyl (C=O) groups is 1. The van der Waals surface area contributed by atoms with Crippen molar-refractivity contribution < 1.29 is 14.3 Å². The van der Waals surface area contributed by atoms with Crippen LogP contribution in [0.4, 0.5) is 0 Å². The Kier molecular flexibility index (Phi) is 7.15. The monoisotopic (exact) mass is 468 g/mol. The average Bonchev–Trinajstić information content (AvgIpc) is 3.28. The number of hydrogen-bond donors (Lipinski definition) is 0. The van der Waals surface area contributed by atoms with Crippen LogP contribution in [0.1, 0.15) is 29.0 Å². The summed E-state index contributed by atoms with van der Waals surface area (Å²) in [6, 6.07) is 27.2. The average molecular weight is 469 g/mol. The Labute approximate surface area is 206 Å². The normalized spacial score (nSPS) is 14.7. The fourth-order valence-corrected chi connectivity index (χ4v) is 5.00. The zero-order valence-electron chi connectivity index (χ0n) is 20.2. The number of fused-ring (bicyclic) bond motifs is 1. The zero-order valence-corrected chi connectivity index (χ0v) is 20.2. The Balaban J connectivity index is 1.49. The van der Waals surface area contributed by atoms with E-state index in [1.165, 1.54) is 27.6 Å². The van der Waals surface area contributed by atoms with E-state index in [-0.39, 0.29) is 11.8 Å². The number of benzene rings is 3. The molecule has 1 aromatic heterocycles. The molecule has 35 heavy (non-hydrogen) atoms. The van der Waals surface area contributed by atoms with Gasteiger partial charge in [0.1, 0.15) is 5.75 Å². The van der Waals surface area contributed by atoms with E-state index in [0.29, 0.717) is 32.7 Å². The lowest BCUT2D eigenvalue weighted by molar-refractivity contribution is -0.135. The van der Waals surface area contributed by atoms with Crippen molar-refractivity contribution in [2.24, 2.45) is 0 Å². The highest BCUT2D eigenvalue weighted by molar-refractivity contribution is 5.86. The van der Waals surface area contributed by atoms with Gasteiger partial charge in [-0.3, -0.25) is 4.79 Å². The summed E-state index contributed by atoms with van der Waals surface area (Å²) >= 11 is 0. The van der Waals surface area contributed by atoms with Gasteiger partial charge in [-0.15, -0.1) is 0 Å². The maximum atomic E-state index is 13.3. The smallest absolute Gasteiger partial charge is 0.223 e. The van der Waals surface area contributed by atoms with Crippen LogP contribution < -0.4 is 4.74 Å². The molecule has 4 aromatic rings. The molecule has 3 aromatic carbocycles. The van der Waals surface area contributed by atoms with Gasteiger partial charge in [0, 0.05) is 43.2 Å². The summed E-state index contributed by atoms with van der Waals surface area (Å²) < 4.78 is 13.1. The second-order valence-corrected chi connectivity index (χ2v) is 9.16. The second-order valence-electron chi connectivity index (χ2n) is 9.16. The first-order valence-corrected chi connectivity index (χ1v) is 12.3. The Bertz CT molecular complexity index is 1260. The van der Waals surface area contributed by atoms with E-state index in [0.717, 1.165) is 18.7 Å². The molecule has 5 nitrogen and oxygen atoms in total. The lowest BCUT2D eigenvalue weighted by atomic mass is 9.88. The summed E-state index contributed by atoms with van der Waals surface area (Å²) in [5, 5.41) is 1.22. The molecule has 1 unspecified atom stereocenters. The topological polar surface area (TPSA) is 43.7 Å². The molecule has 1 saturated heterocycles. The highest BCUT2D eigenvalue weighted by Gasteiger charge is 2.25. The van der Waals surface area contributed by atoms with Gasteiger partial charge in [0.15, 0.2) is 0 Å². The standard InChI is InChI=1S/C30H32N2O3/c1-34-26-13-11-24(12-14-26)21-32-22-28(27-9-5-6-10-29(27)32)25(19-23-7-3-2-4-8-23)20-30(33)31-15-17-35-18-16-31/h2-14,22,25H,15-21H2,1H3. The van der Waals surface area contributed by atoms with Gasteiger partial charge in [0.2, 0.25) is 5.91 Å². The molecule has 0 saturated carbocycles. The number of para-hydroxylation sites is 1. The predicted octanol–water partition coefficient (Wildman–Crippen LogP) is 5.27. The SMILES string of the molecule is COc1ccc(Cn2cc(C(CC(=O)N3CCOCC3)Cc3ccccc3)c3ccccc32)cc1. The quantitative estimate of drug-likeness (QED) is 0.354. The third-order valence-corrected chi connectivity index (χ3v) is 6.88. The summed E-state index contributed by atoms with van der Waals surface area (Å²) in [5.74, 6) is 1.16. The molecule has 1 amide bonds. The van der Waals surface area contributed by atoms with Crippen LogP contribution in [0, 0.1) is 0 Å². The first kappa shape index (κ1) is 23.2. The van der Waals surface area contributed by atoms with Crippen molar-refractivity contribution in [1.82, 2.24) is 9.47 Å². The van der Waals surface area contributed by atoms with E-state index in [4.69, 9.17) is 9.47 Å². The molecule has 0 N–H and O–H groups in total. The molecule has 0 spiro atoms. The third kappa shape index (κ3) is 5.41. The van der Waals surface area contributed by atoms with E-state index in [2.05, 4.69) is 71.4 Å². The minimum Gasteiger partial charge on any atom is -0.497 e. The van der Waals surface area contributed by atoms with Crippen LogP contribution in [0.2, 0.25) is 0 Å². The highest BCUT2D eigenvalue weighted by atomic mass is 16.5. The van der Waals surface area contributed by atoms with Crippen LogP contribution in [0.25, 0.3) is 10.9 Å². The Morgan fingerprint density at radius 2 is 1.63 bits per heavy atom. The van der Waals surface area contributed by atoms with Crippen LogP contribution in [0.5, 0.6) is 5.75 Å². The zero-order chi connectivity index (χ0) is 24.0. The molecular weight excluding hydrogens is 436 g/mol. The van der Waals surface area contributed by atoms with Crippen LogP contribution >= 0.6 is 0 Å². The summed E-state index contributed by atoms with van der Waals surface area (Å²) in [6.45, 7) is 3.36. The van der Waals surface area contributed by atoms with Crippen molar-refractivity contribution in [3.05, 3.63) is 102 Å². The number of aromatic nitrogens is 1. The fourth-order valence-electron chi connectivity index (χ4n) is 5.00. The van der Waals surface area contributed by atoms with E-state index in [9.17, 15) is 4.79 Å². The van der Waals surface area contributed by atoms with E-state index in [1.54, 1.807) is 7.11 Å². The van der Waals surface area contributed by atoms with Gasteiger partial charge in [-0.1, -0.05) is 60.7 Å². The molecule has 0 aliphatic carbocycles. The summed E-state index contributed by atoms with van der Waals surface area (Å²) in [7, 11) is 1.69. The molecule has 1 aliphatic rings. The first-order chi connectivity index (χ1) is 17.2. The number of amides is 1. The molecule has 1 fully saturated rings. The molecule has 2 heterocycles. The third-order valence-electron chi connectivity index (χ3n) is 6.88. The summed E-state index contributed by atoms with van der Waals surface area (Å²) in [4.78, 5) is 15.3. The number of carbonyl (C=O) groups excluding carboxylic acids is 1. The minimum atomic E-state index is 0.0924. The number of hydrogen-bond acceptors (Lipinski definition) is 3. The van der Waals surface area contributed by atoms with Crippen LogP contribution in [-0.2, 0) is 22.5 Å². The van der Waals surface area contributed by atoms with Gasteiger partial charge in [0.05, 0.1) is 20.3 Å². The van der Waals surface area contributed by atoms with Gasteiger partial charge in [-0.05, 0) is 47.2 Å². The summed E-state index contributed by atoms with van der Waals surface area (Å²) in [5.41, 5.74) is 4.89. The number of methoxy groups -OCH3 is 1. The number of rotatable bonds is 8. The van der Waals surface area contributed by atoms with Crippen molar-refractivity contribution in [1.29, 1.82) is 0 Å². The second kappa shape index (κ2) is 10.8. The largest absolute Gasteiger partial charge is 0.497 e. The fraction of sp³-hybridized carbons (Fsp3) is 0.300. The van der Waals surface area contributed by atoms with Crippen molar-refractivity contribution in [3.8, 4) is 5.75 Å². The van der Waals surface area contributed by atoms with Crippen molar-refractivity contribution >= 4 is 16.8 Å². The number of nitrogens with zero attached hydrogens (tertiary/aromatic N) is 2. The molecule has 0 bridgehead atoms. The Morgan fingerprint density at radius 1 is 0.914 bits per heavy atom. The minimum absolute atomic E-state index is 0.0924. The van der Waals surface area contributed by atoms with Crippen molar-refractivity contribution in [2.45, 2.75) is 25.3 Å². The molecule has 1 aliphatic heterocycles. The molecule has 5 rings (SSSR count). The summed E-state index contributed by atoms with van der Waals surface area (Å²) in [6.07, 6.45) is 3.58. The first-order valence-electron chi connectivity index (χ1n) is 12.3. The number of morpholine rings is 1. The van der Waals surface area contributed by atoms with Gasteiger partial charge in [-0.2, -0.15) is 0 Å². The Morgan fingerprint density at radius 3 is 2.37 bits per heavy atom. The molecule has 0 radical (unpaired) electrons. The van der Waals surface area contributed by atoms with Crippen LogP contribution in [-0.4, -0.2) is 48.8 Å². The molecule has 180 valence electrons. The lowest BCUT2D eigenvalue weighted by Gasteiger charge is -2.28. The Hall–Kier alpha value is -3.57. The van der Waals surface area contributed by atoms with Crippen LogP contribution in [0.15, 0.2) is 85.1 Å². The molecule has 1 atom stereocenters. The molecule has 5 heteroatoms.